The summed E-state index contributed by atoms with van der Waals surface area (Å²) in [7, 11) is 1.44. The van der Waals surface area contributed by atoms with Crippen molar-refractivity contribution in [1.82, 2.24) is 15.1 Å². The molecule has 1 spiro atoms. The number of alkyl carbamates (subject to hydrolysis) is 1. The van der Waals surface area contributed by atoms with Crippen LogP contribution in [-0.2, 0) is 14.3 Å². The Morgan fingerprint density at radius 3 is 2.44 bits per heavy atom. The molecule has 50 heavy (non-hydrogen) atoms. The normalized spacial score (nSPS) is 18.9. The van der Waals surface area contributed by atoms with Crippen LogP contribution < -0.4 is 10.2 Å². The second-order valence-electron chi connectivity index (χ2n) is 13.0. The molecule has 11 nitrogen and oxygen atoms in total. The summed E-state index contributed by atoms with van der Waals surface area (Å²) in [4.78, 5) is 44.5. The number of amides is 3. The Kier molecular flexibility index (Phi) is 9.86. The van der Waals surface area contributed by atoms with E-state index in [1.807, 2.05) is 53.1 Å². The van der Waals surface area contributed by atoms with Crippen LogP contribution in [0.5, 0.6) is 0 Å². The Bertz CT molecular complexity index is 1970. The molecule has 0 saturated carbocycles. The van der Waals surface area contributed by atoms with Crippen molar-refractivity contribution in [1.29, 1.82) is 16.1 Å². The number of carbonyl (C=O) groups excluding carboxylic acids is 3. The number of halogens is 1. The zero-order chi connectivity index (χ0) is 35.6. The van der Waals surface area contributed by atoms with Gasteiger partial charge in [0, 0.05) is 55.6 Å². The minimum atomic E-state index is -0.692. The Morgan fingerprint density at radius 2 is 1.76 bits per heavy atom. The van der Waals surface area contributed by atoms with Crippen molar-refractivity contribution in [2.75, 3.05) is 51.2 Å². The van der Waals surface area contributed by atoms with Gasteiger partial charge in [0.25, 0.3) is 0 Å². The monoisotopic (exact) mass is 691 g/mol. The van der Waals surface area contributed by atoms with Crippen molar-refractivity contribution in [2.24, 2.45) is 5.41 Å². The minimum absolute atomic E-state index is 0.0411. The van der Waals surface area contributed by atoms with E-state index in [-0.39, 0.29) is 30.0 Å². The van der Waals surface area contributed by atoms with Gasteiger partial charge in [0.15, 0.2) is 0 Å². The number of hydrogen-bond acceptors (Lipinski definition) is 8. The first kappa shape index (κ1) is 34.5. The van der Waals surface area contributed by atoms with Crippen LogP contribution in [-0.4, -0.2) is 85.6 Å². The molecule has 3 heterocycles. The highest BCUT2D eigenvalue weighted by atomic mass is 35.5. The van der Waals surface area contributed by atoms with E-state index in [0.29, 0.717) is 79.3 Å². The highest BCUT2D eigenvalue weighted by molar-refractivity contribution is 6.32. The summed E-state index contributed by atoms with van der Waals surface area (Å²) in [6.07, 6.45) is 3.46. The highest BCUT2D eigenvalue weighted by Gasteiger charge is 2.51. The molecule has 256 valence electrons. The molecule has 12 heteroatoms. The fourth-order valence-electron chi connectivity index (χ4n) is 6.99. The lowest BCUT2D eigenvalue weighted by Gasteiger charge is -2.29. The number of ether oxygens (including phenoxy) is 1. The summed E-state index contributed by atoms with van der Waals surface area (Å²) >= 11 is 6.25. The minimum Gasteiger partial charge on any atom is -0.391 e. The number of carbonyl (C=O) groups is 3. The number of aryl methyl sites for hydroxylation is 1. The molecule has 3 aliphatic rings. The fourth-order valence-corrected chi connectivity index (χ4v) is 7.21. The number of rotatable bonds is 7. The van der Waals surface area contributed by atoms with E-state index >= 15 is 0 Å². The van der Waals surface area contributed by atoms with E-state index < -0.39 is 11.5 Å². The van der Waals surface area contributed by atoms with E-state index in [1.165, 1.54) is 7.05 Å². The highest BCUT2D eigenvalue weighted by Crippen LogP contribution is 2.42. The lowest BCUT2D eigenvalue weighted by molar-refractivity contribution is -0.132. The Hall–Kier alpha value is -5.31. The van der Waals surface area contributed by atoms with E-state index in [4.69, 9.17) is 27.2 Å². The molecule has 1 atom stereocenters. The summed E-state index contributed by atoms with van der Waals surface area (Å²) in [6, 6.07) is 20.0. The van der Waals surface area contributed by atoms with Gasteiger partial charge >= 0.3 is 6.09 Å². The molecule has 3 N–H and O–H groups in total. The number of likely N-dealkylation sites (tertiary alicyclic amines) is 1. The molecular formula is C38H38ClN7O4. The van der Waals surface area contributed by atoms with Gasteiger partial charge < -0.3 is 19.9 Å². The first-order chi connectivity index (χ1) is 24.0. The van der Waals surface area contributed by atoms with Crippen molar-refractivity contribution < 1.29 is 19.1 Å². The molecule has 3 amide bonds. The lowest BCUT2D eigenvalue weighted by Crippen LogP contribution is -2.43. The van der Waals surface area contributed by atoms with E-state index in [9.17, 15) is 19.6 Å². The van der Waals surface area contributed by atoms with Crippen LogP contribution >= 0.6 is 11.6 Å². The Morgan fingerprint density at radius 1 is 1.02 bits per heavy atom. The first-order valence-electron chi connectivity index (χ1n) is 16.5. The van der Waals surface area contributed by atoms with Gasteiger partial charge in [0.1, 0.15) is 6.07 Å². The van der Waals surface area contributed by atoms with Crippen molar-refractivity contribution in [3.8, 4) is 6.07 Å². The van der Waals surface area contributed by atoms with Crippen LogP contribution in [0.4, 0.5) is 10.5 Å². The molecular weight excluding hydrogens is 654 g/mol. The molecule has 3 aromatic carbocycles. The van der Waals surface area contributed by atoms with Gasteiger partial charge in [-0.2, -0.15) is 5.26 Å². The predicted molar refractivity (Wildman–Crippen MR) is 192 cm³/mol. The zero-order valence-electron chi connectivity index (χ0n) is 28.0. The standard InChI is InChI=1S/C38H38ClN7O4/c1-24-3-10-30(20-31(24)34(41)28-8-9-29(21-40)32(39)19-28)46-18-14-38(36(46)48)13-17-44(23-38)22-33(47)45-15-11-26(12-16-45)25-4-6-27(7-5-25)35(42)50-37(49)43-2/h3-11,19-20,41-42H,12-18,22-23H2,1-2H3,(H,43,49)/t38-/m0/s1. The molecule has 3 aliphatic heterocycles. The summed E-state index contributed by atoms with van der Waals surface area (Å²) in [5.74, 6) is -0.129. The number of nitrogens with zero attached hydrogens (tertiary/aromatic N) is 4. The van der Waals surface area contributed by atoms with Gasteiger partial charge in [-0.05, 0) is 85.8 Å². The number of hydrogen-bond donors (Lipinski definition) is 3. The number of nitrogens with one attached hydrogen (secondary N) is 3. The molecule has 3 aromatic rings. The largest absolute Gasteiger partial charge is 0.413 e. The van der Waals surface area contributed by atoms with Crippen LogP contribution in [0.15, 0.2) is 66.7 Å². The topological polar surface area (TPSA) is 154 Å². The van der Waals surface area contributed by atoms with Gasteiger partial charge in [-0.15, -0.1) is 0 Å². The average Bonchev–Trinajstić information content (AvgIpc) is 3.69. The van der Waals surface area contributed by atoms with Crippen molar-refractivity contribution in [3.05, 3.63) is 105 Å². The molecule has 0 radical (unpaired) electrons. The Balaban J connectivity index is 1.05. The zero-order valence-corrected chi connectivity index (χ0v) is 28.8. The van der Waals surface area contributed by atoms with Gasteiger partial charge in [-0.25, -0.2) is 4.79 Å². The molecule has 2 saturated heterocycles. The molecule has 0 bridgehead atoms. The Labute approximate surface area is 296 Å². The van der Waals surface area contributed by atoms with Gasteiger partial charge in [-0.3, -0.25) is 25.3 Å². The van der Waals surface area contributed by atoms with Crippen molar-refractivity contribution >= 4 is 52.4 Å². The van der Waals surface area contributed by atoms with E-state index in [0.717, 1.165) is 22.4 Å². The molecule has 0 aliphatic carbocycles. The third kappa shape index (κ3) is 6.90. The number of anilines is 1. The van der Waals surface area contributed by atoms with Crippen molar-refractivity contribution in [3.63, 3.8) is 0 Å². The van der Waals surface area contributed by atoms with Gasteiger partial charge in [-0.1, -0.05) is 41.9 Å². The SMILES string of the molecule is CNC(=O)OC(=N)c1ccc(C2=CCN(C(=O)CN3CC[C@]4(CCN(c5ccc(C)c(C(=N)c6ccc(C#N)c(Cl)c6)c5)C4=O)C3)CC2)cc1. The maximum atomic E-state index is 14.0. The average molecular weight is 692 g/mol. The number of nitriles is 1. The quantitative estimate of drug-likeness (QED) is 0.224. The first-order valence-corrected chi connectivity index (χ1v) is 16.9. The fraction of sp³-hybridized carbons (Fsp3) is 0.316. The van der Waals surface area contributed by atoms with E-state index in [2.05, 4.69) is 16.3 Å². The molecule has 2 fully saturated rings. The van der Waals surface area contributed by atoms with Crippen LogP contribution in [0.2, 0.25) is 5.02 Å². The molecule has 6 rings (SSSR count). The smallest absolute Gasteiger partial charge is 0.391 e. The predicted octanol–water partition coefficient (Wildman–Crippen LogP) is 5.36. The summed E-state index contributed by atoms with van der Waals surface area (Å²) in [5.41, 5.74) is 5.62. The lowest BCUT2D eigenvalue weighted by atomic mass is 9.85. The summed E-state index contributed by atoms with van der Waals surface area (Å²) < 4.78 is 4.90. The maximum absolute atomic E-state index is 14.0. The van der Waals surface area contributed by atoms with Crippen LogP contribution in [0.1, 0.15) is 52.6 Å². The second-order valence-corrected chi connectivity index (χ2v) is 13.4. The van der Waals surface area contributed by atoms with Crippen LogP contribution in [0.25, 0.3) is 5.57 Å². The molecule has 0 aromatic heterocycles. The summed E-state index contributed by atoms with van der Waals surface area (Å²) in [6.45, 7) is 5.06. The number of benzene rings is 3. The van der Waals surface area contributed by atoms with Crippen LogP contribution in [0.3, 0.4) is 0 Å². The third-order valence-electron chi connectivity index (χ3n) is 9.96. The van der Waals surface area contributed by atoms with Crippen molar-refractivity contribution in [2.45, 2.75) is 26.2 Å². The summed E-state index contributed by atoms with van der Waals surface area (Å²) in [5, 5.41) is 28.7. The molecule has 0 unspecified atom stereocenters. The van der Waals surface area contributed by atoms with Gasteiger partial charge in [0.2, 0.25) is 17.7 Å². The van der Waals surface area contributed by atoms with E-state index in [1.54, 1.807) is 30.3 Å². The second kappa shape index (κ2) is 14.3. The van der Waals surface area contributed by atoms with Gasteiger partial charge in [0.05, 0.1) is 28.3 Å². The maximum Gasteiger partial charge on any atom is 0.413 e. The van der Waals surface area contributed by atoms with Crippen LogP contribution in [0, 0.1) is 34.5 Å². The third-order valence-corrected chi connectivity index (χ3v) is 10.3.